The Morgan fingerprint density at radius 1 is 0.900 bits per heavy atom. The molecule has 3 rings (SSSR count). The molecule has 0 aliphatic carbocycles. The molecule has 3 aromatic rings. The standard InChI is InChI=1S/C17H14F6N4O3/c1-8-6-10(13-25-15(30-26-13)17(21,22)23)7-9(2)12(8)28-5-3-4-11-24-14(27-29-11)16(18,19)20/h6-7H,3-5H2,1-2H3. The molecule has 0 saturated heterocycles. The van der Waals surface area contributed by atoms with Crippen LogP contribution in [-0.2, 0) is 18.8 Å². The van der Waals surface area contributed by atoms with Crippen LogP contribution in [0.1, 0.15) is 35.2 Å². The minimum Gasteiger partial charge on any atom is -0.493 e. The minimum absolute atomic E-state index is 0.0857. The van der Waals surface area contributed by atoms with Crippen LogP contribution < -0.4 is 4.74 Å². The van der Waals surface area contributed by atoms with Gasteiger partial charge in [0.1, 0.15) is 5.75 Å². The zero-order chi connectivity index (χ0) is 22.1. The topological polar surface area (TPSA) is 87.1 Å². The lowest BCUT2D eigenvalue weighted by Crippen LogP contribution is -2.07. The van der Waals surface area contributed by atoms with Crippen molar-refractivity contribution in [1.29, 1.82) is 0 Å². The number of benzene rings is 1. The van der Waals surface area contributed by atoms with E-state index in [1.807, 2.05) is 0 Å². The summed E-state index contributed by atoms with van der Waals surface area (Å²) in [6, 6.07) is 3.09. The van der Waals surface area contributed by atoms with Crippen LogP contribution in [0.4, 0.5) is 26.3 Å². The summed E-state index contributed by atoms with van der Waals surface area (Å²) in [5, 5.41) is 6.21. The molecule has 0 aliphatic rings. The van der Waals surface area contributed by atoms with Gasteiger partial charge in [0.15, 0.2) is 0 Å². The number of hydrogen-bond donors (Lipinski definition) is 0. The van der Waals surface area contributed by atoms with Gasteiger partial charge in [-0.3, -0.25) is 0 Å². The lowest BCUT2D eigenvalue weighted by Gasteiger charge is -2.13. The first kappa shape index (κ1) is 21.6. The van der Waals surface area contributed by atoms with Gasteiger partial charge in [0.05, 0.1) is 6.61 Å². The minimum atomic E-state index is -4.74. The SMILES string of the molecule is Cc1cc(-c2noc(C(F)(F)F)n2)cc(C)c1OCCCc1nc(C(F)(F)F)no1. The summed E-state index contributed by atoms with van der Waals surface area (Å²) in [4.78, 5) is 6.61. The Hall–Kier alpha value is -3.12. The van der Waals surface area contributed by atoms with Crippen molar-refractivity contribution in [1.82, 2.24) is 20.3 Å². The van der Waals surface area contributed by atoms with Crippen molar-refractivity contribution in [3.63, 3.8) is 0 Å². The molecule has 0 amide bonds. The van der Waals surface area contributed by atoms with Gasteiger partial charge in [-0.25, -0.2) is 0 Å². The molecule has 0 fully saturated rings. The number of rotatable bonds is 6. The van der Waals surface area contributed by atoms with Gasteiger partial charge >= 0.3 is 18.2 Å². The van der Waals surface area contributed by atoms with Crippen molar-refractivity contribution < 1.29 is 40.1 Å². The second kappa shape index (κ2) is 7.95. The molecule has 13 heteroatoms. The first-order chi connectivity index (χ1) is 13.9. The fraction of sp³-hybridized carbons (Fsp3) is 0.412. The number of aromatic nitrogens is 4. The van der Waals surface area contributed by atoms with Crippen LogP contribution >= 0.6 is 0 Å². The van der Waals surface area contributed by atoms with E-state index in [1.165, 1.54) is 0 Å². The van der Waals surface area contributed by atoms with Crippen molar-refractivity contribution in [2.45, 2.75) is 39.0 Å². The maximum absolute atomic E-state index is 12.6. The fourth-order valence-electron chi connectivity index (χ4n) is 2.63. The van der Waals surface area contributed by atoms with Crippen LogP contribution in [0.15, 0.2) is 21.2 Å². The van der Waals surface area contributed by atoms with Crippen LogP contribution in [0.5, 0.6) is 5.75 Å². The van der Waals surface area contributed by atoms with Crippen molar-refractivity contribution in [2.75, 3.05) is 6.61 Å². The zero-order valence-corrected chi connectivity index (χ0v) is 15.6. The smallest absolute Gasteiger partial charge is 0.471 e. The lowest BCUT2D eigenvalue weighted by atomic mass is 10.1. The van der Waals surface area contributed by atoms with E-state index < -0.39 is 24.1 Å². The summed E-state index contributed by atoms with van der Waals surface area (Å²) < 4.78 is 89.6. The predicted octanol–water partition coefficient (Wildman–Crippen LogP) is 4.79. The van der Waals surface area contributed by atoms with Crippen molar-refractivity contribution >= 4 is 0 Å². The summed E-state index contributed by atoms with van der Waals surface area (Å²) in [5.41, 5.74) is 1.54. The molecule has 2 aromatic heterocycles. The molecule has 30 heavy (non-hydrogen) atoms. The molecule has 162 valence electrons. The van der Waals surface area contributed by atoms with Gasteiger partial charge in [-0.15, -0.1) is 0 Å². The fourth-order valence-corrected chi connectivity index (χ4v) is 2.63. The summed E-state index contributed by atoms with van der Waals surface area (Å²) in [6.45, 7) is 3.51. The number of alkyl halides is 6. The summed E-state index contributed by atoms with van der Waals surface area (Å²) >= 11 is 0. The maximum Gasteiger partial charge on any atom is 0.471 e. The Balaban J connectivity index is 1.62. The molecule has 0 unspecified atom stereocenters. The Kier molecular flexibility index (Phi) is 5.72. The third-order valence-electron chi connectivity index (χ3n) is 3.89. The van der Waals surface area contributed by atoms with E-state index in [0.29, 0.717) is 28.9 Å². The van der Waals surface area contributed by atoms with Crippen LogP contribution in [0.2, 0.25) is 0 Å². The highest BCUT2D eigenvalue weighted by Crippen LogP contribution is 2.32. The van der Waals surface area contributed by atoms with Gasteiger partial charge in [-0.1, -0.05) is 10.3 Å². The number of nitrogens with zero attached hydrogens (tertiary/aromatic N) is 4. The van der Waals surface area contributed by atoms with Crippen LogP contribution in [0, 0.1) is 13.8 Å². The van der Waals surface area contributed by atoms with E-state index in [-0.39, 0.29) is 24.7 Å². The molecular formula is C17H14F6N4O3. The van der Waals surface area contributed by atoms with Crippen LogP contribution in [-0.4, -0.2) is 26.9 Å². The van der Waals surface area contributed by atoms with Gasteiger partial charge in [0, 0.05) is 12.0 Å². The van der Waals surface area contributed by atoms with Crippen LogP contribution in [0.25, 0.3) is 11.4 Å². The summed E-state index contributed by atoms with van der Waals surface area (Å²) in [6.07, 6.45) is -9.02. The Bertz CT molecular complexity index is 1000. The largest absolute Gasteiger partial charge is 0.493 e. The first-order valence-electron chi connectivity index (χ1n) is 8.50. The Morgan fingerprint density at radius 3 is 2.10 bits per heavy atom. The molecule has 0 radical (unpaired) electrons. The average Bonchev–Trinajstić information content (AvgIpc) is 3.29. The molecule has 0 saturated carbocycles. The van der Waals surface area contributed by atoms with Gasteiger partial charge in [-0.2, -0.15) is 36.3 Å². The molecule has 0 spiro atoms. The third kappa shape index (κ3) is 4.89. The van der Waals surface area contributed by atoms with E-state index in [0.717, 1.165) is 0 Å². The predicted molar refractivity (Wildman–Crippen MR) is 87.3 cm³/mol. The molecule has 0 atom stereocenters. The van der Waals surface area contributed by atoms with Crippen molar-refractivity contribution in [3.05, 3.63) is 40.9 Å². The normalized spacial score (nSPS) is 12.4. The van der Waals surface area contributed by atoms with Gasteiger partial charge < -0.3 is 13.8 Å². The molecule has 0 aliphatic heterocycles. The Labute approximate surface area is 165 Å². The van der Waals surface area contributed by atoms with Crippen molar-refractivity contribution in [3.8, 4) is 17.1 Å². The number of halogens is 6. The molecule has 1 aromatic carbocycles. The second-order valence-corrected chi connectivity index (χ2v) is 6.32. The highest BCUT2D eigenvalue weighted by atomic mass is 19.4. The zero-order valence-electron chi connectivity index (χ0n) is 15.6. The molecule has 2 heterocycles. The quantitative estimate of drug-likeness (QED) is 0.406. The molecule has 0 N–H and O–H groups in total. The molecular weight excluding hydrogens is 422 g/mol. The Morgan fingerprint density at radius 2 is 1.57 bits per heavy atom. The highest BCUT2D eigenvalue weighted by Gasteiger charge is 2.39. The van der Waals surface area contributed by atoms with E-state index >= 15 is 0 Å². The number of aryl methyl sites for hydroxylation is 3. The average molecular weight is 436 g/mol. The van der Waals surface area contributed by atoms with Crippen molar-refractivity contribution in [2.24, 2.45) is 0 Å². The second-order valence-electron chi connectivity index (χ2n) is 6.32. The van der Waals surface area contributed by atoms with E-state index in [1.54, 1.807) is 26.0 Å². The third-order valence-corrected chi connectivity index (χ3v) is 3.89. The summed E-state index contributed by atoms with van der Waals surface area (Å²) in [7, 11) is 0. The van der Waals surface area contributed by atoms with Gasteiger partial charge in [-0.05, 0) is 43.5 Å². The van der Waals surface area contributed by atoms with E-state index in [4.69, 9.17) is 4.74 Å². The van der Waals surface area contributed by atoms with Gasteiger partial charge in [0.25, 0.3) is 5.82 Å². The van der Waals surface area contributed by atoms with E-state index in [2.05, 4.69) is 29.3 Å². The first-order valence-corrected chi connectivity index (χ1v) is 8.50. The monoisotopic (exact) mass is 436 g/mol. The molecule has 7 nitrogen and oxygen atoms in total. The van der Waals surface area contributed by atoms with Crippen LogP contribution in [0.3, 0.4) is 0 Å². The van der Waals surface area contributed by atoms with E-state index in [9.17, 15) is 26.3 Å². The highest BCUT2D eigenvalue weighted by molar-refractivity contribution is 5.61. The number of hydrogen-bond acceptors (Lipinski definition) is 7. The van der Waals surface area contributed by atoms with Gasteiger partial charge in [0.2, 0.25) is 11.7 Å². The summed E-state index contributed by atoms with van der Waals surface area (Å²) in [5.74, 6) is -2.66. The molecule has 0 bridgehead atoms. The maximum atomic E-state index is 12.6. The lowest BCUT2D eigenvalue weighted by molar-refractivity contribution is -0.159. The number of ether oxygens (including phenoxy) is 1.